The summed E-state index contributed by atoms with van der Waals surface area (Å²) < 4.78 is 0. The summed E-state index contributed by atoms with van der Waals surface area (Å²) in [5, 5.41) is 35.3. The fraction of sp³-hybridized carbons (Fsp3) is 0.519. The smallest absolute Gasteiger partial charge is 1.00 e. The van der Waals surface area contributed by atoms with Gasteiger partial charge >= 0.3 is 103 Å². The molecular weight excluding hydrogens is 962 g/mol. The fourth-order valence-electron chi connectivity index (χ4n) is 9.63. The van der Waals surface area contributed by atoms with Gasteiger partial charge < -0.3 is 32.0 Å². The molecule has 2 saturated carbocycles. The number of nitrogens with one attached hydrogen (secondary N) is 1. The molecule has 0 amide bonds. The van der Waals surface area contributed by atoms with E-state index in [2.05, 4.69) is 104 Å². The van der Waals surface area contributed by atoms with Gasteiger partial charge in [0.15, 0.2) is 0 Å². The molecule has 0 radical (unpaired) electrons. The maximum absolute atomic E-state index is 11.2. The predicted molar refractivity (Wildman–Crippen MR) is 259 cm³/mol. The summed E-state index contributed by atoms with van der Waals surface area (Å²) >= 11 is 15.3. The molecule has 0 bridgehead atoms. The van der Waals surface area contributed by atoms with Crippen molar-refractivity contribution in [3.63, 3.8) is 0 Å². The third-order valence-electron chi connectivity index (χ3n) is 13.6. The van der Waals surface area contributed by atoms with E-state index in [0.29, 0.717) is 5.33 Å². The third kappa shape index (κ3) is 19.0. The van der Waals surface area contributed by atoms with Crippen molar-refractivity contribution in [2.24, 2.45) is 11.8 Å². The average molecular weight is 1030 g/mol. The summed E-state index contributed by atoms with van der Waals surface area (Å²) in [6.45, 7) is 5.31. The van der Waals surface area contributed by atoms with Crippen LogP contribution in [0.15, 0.2) is 109 Å². The zero-order valence-corrected chi connectivity index (χ0v) is 47.0. The number of aliphatic hydroxyl groups excluding tert-OH is 2. The molecule has 0 spiro atoms. The monoisotopic (exact) mass is 1030 g/mol. The molecule has 3 N–H and O–H groups in total. The quantitative estimate of drug-likeness (QED) is 0.0549. The molecule has 2 saturated heterocycles. The number of β-amino-alcohol motifs (C(OH)–C–C–N with tert-alkyl or cyclic N) is 1. The Kier molecular flexibility index (Phi) is 31.4. The van der Waals surface area contributed by atoms with Gasteiger partial charge in [0.05, 0.1) is 12.2 Å². The van der Waals surface area contributed by atoms with Gasteiger partial charge in [0.2, 0.25) is 0 Å². The third-order valence-corrected chi connectivity index (χ3v) is 14.7. The van der Waals surface area contributed by atoms with Crippen LogP contribution < -0.4 is 113 Å². The van der Waals surface area contributed by atoms with Crippen molar-refractivity contribution in [1.82, 2.24) is 10.2 Å². The molecule has 4 aliphatic rings. The van der Waals surface area contributed by atoms with Crippen molar-refractivity contribution in [3.8, 4) is 0 Å². The number of halogens is 3. The Morgan fingerprint density at radius 2 is 1.19 bits per heavy atom. The Morgan fingerprint density at radius 1 is 0.734 bits per heavy atom. The number of rotatable bonds is 14. The van der Waals surface area contributed by atoms with Gasteiger partial charge in [-0.3, -0.25) is 4.79 Å². The summed E-state index contributed by atoms with van der Waals surface area (Å²) in [5.41, 5.74) is 5.29. The maximum Gasteiger partial charge on any atom is 1.00 e. The number of carbonyl (C=O) groups excluding carboxylic acids is 1. The second kappa shape index (κ2) is 33.1. The molecule has 2 aliphatic carbocycles. The fourth-order valence-corrected chi connectivity index (χ4v) is 10.5. The Bertz CT molecular complexity index is 1810. The Balaban J connectivity index is 0.000000488. The molecule has 4 aromatic rings. The minimum atomic E-state index is -0.299. The average Bonchev–Trinajstić information content (AvgIpc) is 3.27. The SMILES string of the molecule is C.O=CO[O-].O[C@H](CBr)C1(c2ccc(Cl)cc2)CCC1.O[C@H](CN1CCC[C@@H](CCc2ccccc2)C1)C1(c2ccc(Cl)cc2)CCC1.[H-].[K+].[K+].c1ccc(CC[C@@H]2CCCNC2)cc1. The number of aliphatic hydroxyl groups is 2. The van der Waals surface area contributed by atoms with Gasteiger partial charge in [-0.1, -0.05) is 144 Å². The van der Waals surface area contributed by atoms with Crippen molar-refractivity contribution < 1.29 is 129 Å². The van der Waals surface area contributed by atoms with Crippen LogP contribution in [0.4, 0.5) is 0 Å². The van der Waals surface area contributed by atoms with Gasteiger partial charge in [-0.15, -0.1) is 0 Å². The van der Waals surface area contributed by atoms with Crippen LogP contribution in [0.3, 0.4) is 0 Å². The summed E-state index contributed by atoms with van der Waals surface area (Å²) in [6, 6.07) is 37.7. The van der Waals surface area contributed by atoms with Gasteiger partial charge in [0.25, 0.3) is 6.47 Å². The Labute approximate surface area is 490 Å². The van der Waals surface area contributed by atoms with Gasteiger partial charge in [-0.05, 0) is 155 Å². The zero-order valence-electron chi connectivity index (χ0n) is 38.6. The number of nitrogens with zero attached hydrogens (tertiary/aromatic N) is 1. The van der Waals surface area contributed by atoms with Crippen LogP contribution in [-0.4, -0.2) is 71.8 Å². The largest absolute Gasteiger partial charge is 1.00 e. The predicted octanol–water partition coefficient (Wildman–Crippen LogP) is 4.80. The minimum absolute atomic E-state index is 0. The van der Waals surface area contributed by atoms with E-state index in [0.717, 1.165) is 73.6 Å². The number of benzene rings is 4. The van der Waals surface area contributed by atoms with E-state index < -0.39 is 0 Å². The van der Waals surface area contributed by atoms with Gasteiger partial charge in [-0.25, -0.2) is 0 Å². The minimum Gasteiger partial charge on any atom is -1.00 e. The number of likely N-dealkylation sites (tertiary alicyclic amines) is 1. The molecular formula is C52H71BrCl2K2N2O5. The molecule has 8 rings (SSSR count). The summed E-state index contributed by atoms with van der Waals surface area (Å²) in [4.78, 5) is 13.8. The number of alkyl halides is 1. The molecule has 342 valence electrons. The molecule has 2 aliphatic heterocycles. The van der Waals surface area contributed by atoms with E-state index in [1.54, 1.807) is 0 Å². The second-order valence-electron chi connectivity index (χ2n) is 17.4. The molecule has 7 nitrogen and oxygen atoms in total. The Hall–Kier alpha value is 0.483. The molecule has 64 heavy (non-hydrogen) atoms. The van der Waals surface area contributed by atoms with Crippen molar-refractivity contribution >= 4 is 45.6 Å². The van der Waals surface area contributed by atoms with Gasteiger partial charge in [0, 0.05) is 39.3 Å². The zero-order chi connectivity index (χ0) is 43.3. The molecule has 12 heteroatoms. The van der Waals surface area contributed by atoms with Crippen molar-refractivity contribution in [2.75, 3.05) is 38.1 Å². The van der Waals surface area contributed by atoms with E-state index in [-0.39, 0.29) is 141 Å². The number of hydrogen-bond donors (Lipinski definition) is 3. The van der Waals surface area contributed by atoms with Crippen LogP contribution in [0.5, 0.6) is 0 Å². The van der Waals surface area contributed by atoms with Crippen LogP contribution in [0.2, 0.25) is 10.0 Å². The van der Waals surface area contributed by atoms with E-state index in [1.165, 1.54) is 93.1 Å². The van der Waals surface area contributed by atoms with Gasteiger partial charge in [-0.2, -0.15) is 0 Å². The van der Waals surface area contributed by atoms with E-state index in [4.69, 9.17) is 33.3 Å². The molecule has 4 fully saturated rings. The topological polar surface area (TPSA) is 105 Å². The van der Waals surface area contributed by atoms with Crippen LogP contribution >= 0.6 is 39.1 Å². The number of aryl methyl sites for hydroxylation is 2. The molecule has 4 atom stereocenters. The summed E-state index contributed by atoms with van der Waals surface area (Å²) in [7, 11) is 0. The first kappa shape index (κ1) is 60.6. The summed E-state index contributed by atoms with van der Waals surface area (Å²) in [5.74, 6) is 1.65. The number of piperidine rings is 2. The van der Waals surface area contributed by atoms with Crippen LogP contribution in [0.1, 0.15) is 108 Å². The van der Waals surface area contributed by atoms with Crippen molar-refractivity contribution in [2.45, 2.75) is 120 Å². The number of carbonyl (C=O) groups is 1. The maximum atomic E-state index is 11.2. The molecule has 2 heterocycles. The molecule has 4 aromatic carbocycles. The molecule has 0 unspecified atom stereocenters. The van der Waals surface area contributed by atoms with Crippen LogP contribution in [-0.2, 0) is 33.4 Å². The Morgan fingerprint density at radius 3 is 1.59 bits per heavy atom. The standard InChI is InChI=1S/C25H32ClNO.C13H19N.C12H14BrClO.CH2O3.CH4.2K.H/c26-23-13-11-22(12-14-23)25(15-5-16-25)24(28)19-27-17-4-8-21(18-27)10-9-20-6-2-1-3-7-20;1-2-5-12(6-3-1)8-9-13-7-4-10-14-11-13;13-8-11(15)12(6-1-7-12)9-2-4-10(14)5-3-9;2-1-4-3;;;;/h1-3,6-7,11-14,21,24,28H,4-5,8-10,15-19H2;1-3,5-6,13-14H,4,7-11H2;2-5,11,15H,1,6-8H2;1,3H;1H4;;;/q;;;;;2*+1;-1/p-1/t21-,24+;13-;11-;;;;;/m001...../s1. The molecule has 0 aromatic heterocycles. The van der Waals surface area contributed by atoms with Crippen molar-refractivity contribution in [3.05, 3.63) is 141 Å². The second-order valence-corrected chi connectivity index (χ2v) is 19.0. The van der Waals surface area contributed by atoms with Gasteiger partial charge in [0.1, 0.15) is 0 Å². The first-order valence-corrected chi connectivity index (χ1v) is 24.3. The van der Waals surface area contributed by atoms with E-state index in [1.807, 2.05) is 36.4 Å². The van der Waals surface area contributed by atoms with Crippen molar-refractivity contribution in [1.29, 1.82) is 0 Å². The van der Waals surface area contributed by atoms with Crippen LogP contribution in [0, 0.1) is 11.8 Å². The first-order chi connectivity index (χ1) is 29.7. The van der Waals surface area contributed by atoms with E-state index >= 15 is 0 Å². The van der Waals surface area contributed by atoms with Crippen LogP contribution in [0.25, 0.3) is 0 Å². The summed E-state index contributed by atoms with van der Waals surface area (Å²) in [6.07, 6.45) is 16.5. The first-order valence-electron chi connectivity index (χ1n) is 22.4. The normalized spacial score (nSPS) is 20.2. The number of hydrogen-bond acceptors (Lipinski definition) is 7. The van der Waals surface area contributed by atoms with E-state index in [9.17, 15) is 10.2 Å².